The molecular weight excluding hydrogens is 312 g/mol. The maximum Gasteiger partial charge on any atom is 0.253 e. The maximum absolute atomic E-state index is 11.8. The number of carbonyl (C=O) groups is 1. The Morgan fingerprint density at radius 2 is 2.04 bits per heavy atom. The molecule has 0 saturated carbocycles. The highest BCUT2D eigenvalue weighted by Crippen LogP contribution is 2.21. The summed E-state index contributed by atoms with van der Waals surface area (Å²) in [5.74, 6) is 1.10. The third-order valence-corrected chi connectivity index (χ3v) is 4.06. The highest BCUT2D eigenvalue weighted by molar-refractivity contribution is 7.13. The molecule has 0 aliphatic carbocycles. The van der Waals surface area contributed by atoms with Gasteiger partial charge in [0, 0.05) is 25.3 Å². The van der Waals surface area contributed by atoms with Gasteiger partial charge < -0.3 is 14.7 Å². The van der Waals surface area contributed by atoms with Crippen LogP contribution < -0.4 is 5.32 Å². The van der Waals surface area contributed by atoms with Crippen LogP contribution in [0.3, 0.4) is 0 Å². The second kappa shape index (κ2) is 6.62. The summed E-state index contributed by atoms with van der Waals surface area (Å²) >= 11 is 1.57. The van der Waals surface area contributed by atoms with E-state index in [4.69, 9.17) is 4.52 Å². The Balaban J connectivity index is 1.61. The van der Waals surface area contributed by atoms with Crippen LogP contribution in [0.4, 0.5) is 5.69 Å². The van der Waals surface area contributed by atoms with Crippen LogP contribution in [0.25, 0.3) is 10.7 Å². The van der Waals surface area contributed by atoms with Gasteiger partial charge in [-0.1, -0.05) is 11.2 Å². The van der Waals surface area contributed by atoms with E-state index < -0.39 is 0 Å². The molecule has 0 unspecified atom stereocenters. The number of hydrogen-bond donors (Lipinski definition) is 1. The van der Waals surface area contributed by atoms with Crippen LogP contribution in [-0.2, 0) is 6.54 Å². The third kappa shape index (κ3) is 3.57. The van der Waals surface area contributed by atoms with Gasteiger partial charge in [-0.2, -0.15) is 4.98 Å². The number of aromatic nitrogens is 2. The first-order chi connectivity index (χ1) is 11.1. The first-order valence-electron chi connectivity index (χ1n) is 7.05. The van der Waals surface area contributed by atoms with E-state index in [-0.39, 0.29) is 5.91 Å². The Morgan fingerprint density at radius 3 is 2.70 bits per heavy atom. The molecule has 0 spiro atoms. The lowest BCUT2D eigenvalue weighted by Crippen LogP contribution is -2.21. The minimum Gasteiger partial charge on any atom is -0.376 e. The lowest BCUT2D eigenvalue weighted by Gasteiger charge is -2.10. The summed E-state index contributed by atoms with van der Waals surface area (Å²) in [5.41, 5.74) is 1.54. The molecule has 0 bridgehead atoms. The van der Waals surface area contributed by atoms with E-state index in [0.717, 1.165) is 10.6 Å². The molecule has 1 aromatic carbocycles. The first kappa shape index (κ1) is 15.2. The van der Waals surface area contributed by atoms with E-state index in [1.807, 2.05) is 29.6 Å². The Bertz CT molecular complexity index is 779. The molecule has 0 saturated heterocycles. The molecule has 0 aliphatic heterocycles. The van der Waals surface area contributed by atoms with Gasteiger partial charge in [0.05, 0.1) is 11.4 Å². The lowest BCUT2D eigenvalue weighted by molar-refractivity contribution is 0.0827. The van der Waals surface area contributed by atoms with Gasteiger partial charge in [0.2, 0.25) is 11.7 Å². The van der Waals surface area contributed by atoms with E-state index in [0.29, 0.717) is 23.8 Å². The fraction of sp³-hybridized carbons (Fsp3) is 0.188. The molecule has 3 aromatic rings. The predicted octanol–water partition coefficient (Wildman–Crippen LogP) is 3.11. The van der Waals surface area contributed by atoms with E-state index in [9.17, 15) is 4.79 Å². The van der Waals surface area contributed by atoms with Gasteiger partial charge in [0.15, 0.2) is 0 Å². The molecule has 3 rings (SSSR count). The Hall–Kier alpha value is -2.67. The quantitative estimate of drug-likeness (QED) is 0.779. The van der Waals surface area contributed by atoms with Crippen molar-refractivity contribution in [1.29, 1.82) is 0 Å². The summed E-state index contributed by atoms with van der Waals surface area (Å²) in [7, 11) is 3.46. The monoisotopic (exact) mass is 328 g/mol. The molecule has 1 N–H and O–H groups in total. The minimum atomic E-state index is -0.0194. The molecule has 0 atom stereocenters. The number of nitrogens with one attached hydrogen (secondary N) is 1. The summed E-state index contributed by atoms with van der Waals surface area (Å²) < 4.78 is 5.23. The molecule has 0 radical (unpaired) electrons. The van der Waals surface area contributed by atoms with Crippen LogP contribution in [0.5, 0.6) is 0 Å². The second-order valence-corrected chi connectivity index (χ2v) is 6.07. The van der Waals surface area contributed by atoms with Crippen molar-refractivity contribution in [3.63, 3.8) is 0 Å². The van der Waals surface area contributed by atoms with E-state index in [2.05, 4.69) is 15.5 Å². The van der Waals surface area contributed by atoms with Crippen LogP contribution in [0.2, 0.25) is 0 Å². The van der Waals surface area contributed by atoms with Crippen molar-refractivity contribution >= 4 is 22.9 Å². The van der Waals surface area contributed by atoms with Crippen LogP contribution >= 0.6 is 11.3 Å². The topological polar surface area (TPSA) is 71.3 Å². The van der Waals surface area contributed by atoms with Gasteiger partial charge in [0.1, 0.15) is 0 Å². The standard InChI is InChI=1S/C16H16N4O2S/c1-20(2)16(21)11-5-7-12(8-6-11)17-10-14-18-15(19-22-14)13-4-3-9-23-13/h3-9,17H,10H2,1-2H3. The molecule has 23 heavy (non-hydrogen) atoms. The highest BCUT2D eigenvalue weighted by atomic mass is 32.1. The van der Waals surface area contributed by atoms with Crippen molar-refractivity contribution < 1.29 is 9.32 Å². The molecule has 118 valence electrons. The number of hydrogen-bond acceptors (Lipinski definition) is 6. The van der Waals surface area contributed by atoms with Gasteiger partial charge in [0.25, 0.3) is 5.91 Å². The largest absolute Gasteiger partial charge is 0.376 e. The second-order valence-electron chi connectivity index (χ2n) is 5.12. The zero-order valence-electron chi connectivity index (χ0n) is 12.8. The fourth-order valence-corrected chi connectivity index (χ4v) is 2.65. The molecule has 0 aliphatic rings. The van der Waals surface area contributed by atoms with Crippen molar-refractivity contribution in [2.45, 2.75) is 6.54 Å². The van der Waals surface area contributed by atoms with Gasteiger partial charge in [-0.15, -0.1) is 11.3 Å². The van der Waals surface area contributed by atoms with Crippen molar-refractivity contribution in [1.82, 2.24) is 15.0 Å². The number of anilines is 1. The predicted molar refractivity (Wildman–Crippen MR) is 89.4 cm³/mol. The number of benzene rings is 1. The van der Waals surface area contributed by atoms with E-state index in [1.54, 1.807) is 42.5 Å². The van der Waals surface area contributed by atoms with E-state index >= 15 is 0 Å². The molecule has 1 amide bonds. The molecule has 2 heterocycles. The SMILES string of the molecule is CN(C)C(=O)c1ccc(NCc2nc(-c3cccs3)no2)cc1. The number of carbonyl (C=O) groups excluding carboxylic acids is 1. The van der Waals surface area contributed by atoms with Crippen LogP contribution in [0.1, 0.15) is 16.2 Å². The van der Waals surface area contributed by atoms with Crippen LogP contribution in [0, 0.1) is 0 Å². The van der Waals surface area contributed by atoms with Crippen LogP contribution in [0.15, 0.2) is 46.3 Å². The average molecular weight is 328 g/mol. The summed E-state index contributed by atoms with van der Waals surface area (Å²) in [6, 6.07) is 11.2. The smallest absolute Gasteiger partial charge is 0.253 e. The van der Waals surface area contributed by atoms with Crippen LogP contribution in [-0.4, -0.2) is 35.0 Å². The first-order valence-corrected chi connectivity index (χ1v) is 7.93. The zero-order valence-corrected chi connectivity index (χ0v) is 13.6. The van der Waals surface area contributed by atoms with Crippen molar-refractivity contribution in [3.8, 4) is 10.7 Å². The Labute approximate surface area is 137 Å². The molecule has 7 heteroatoms. The number of amides is 1. The normalized spacial score (nSPS) is 10.5. The zero-order chi connectivity index (χ0) is 16.2. The fourth-order valence-electron chi connectivity index (χ4n) is 2.00. The van der Waals surface area contributed by atoms with Crippen molar-refractivity contribution in [2.24, 2.45) is 0 Å². The number of thiophene rings is 1. The minimum absolute atomic E-state index is 0.0194. The van der Waals surface area contributed by atoms with E-state index in [1.165, 1.54) is 0 Å². The highest BCUT2D eigenvalue weighted by Gasteiger charge is 2.10. The summed E-state index contributed by atoms with van der Waals surface area (Å²) in [6.07, 6.45) is 0. The third-order valence-electron chi connectivity index (χ3n) is 3.19. The van der Waals surface area contributed by atoms with Gasteiger partial charge in [-0.3, -0.25) is 4.79 Å². The summed E-state index contributed by atoms with van der Waals surface area (Å²) in [5, 5.41) is 9.13. The summed E-state index contributed by atoms with van der Waals surface area (Å²) in [6.45, 7) is 0.430. The van der Waals surface area contributed by atoms with Gasteiger partial charge >= 0.3 is 0 Å². The van der Waals surface area contributed by atoms with Crippen molar-refractivity contribution in [3.05, 3.63) is 53.2 Å². The lowest BCUT2D eigenvalue weighted by atomic mass is 10.2. The molecule has 0 fully saturated rings. The molecule has 2 aromatic heterocycles. The Kier molecular flexibility index (Phi) is 4.38. The average Bonchev–Trinajstić information content (AvgIpc) is 3.23. The molecule has 6 nitrogen and oxygen atoms in total. The number of nitrogens with zero attached hydrogens (tertiary/aromatic N) is 3. The van der Waals surface area contributed by atoms with Crippen molar-refractivity contribution in [2.75, 3.05) is 19.4 Å². The maximum atomic E-state index is 11.8. The van der Waals surface area contributed by atoms with Gasteiger partial charge in [-0.05, 0) is 35.7 Å². The molecular formula is C16H16N4O2S. The number of rotatable bonds is 5. The van der Waals surface area contributed by atoms with Gasteiger partial charge in [-0.25, -0.2) is 0 Å². The summed E-state index contributed by atoms with van der Waals surface area (Å²) in [4.78, 5) is 18.7. The Morgan fingerprint density at radius 1 is 1.26 bits per heavy atom.